The Morgan fingerprint density at radius 1 is 1.47 bits per heavy atom. The maximum Gasteiger partial charge on any atom is 0.190 e. The van der Waals surface area contributed by atoms with E-state index in [0.29, 0.717) is 6.42 Å². The van der Waals surface area contributed by atoms with E-state index in [4.69, 9.17) is 4.84 Å². The molecule has 0 saturated carbocycles. The smallest absolute Gasteiger partial charge is 0.190 e. The van der Waals surface area contributed by atoms with Crippen molar-refractivity contribution in [1.82, 2.24) is 9.55 Å². The largest absolute Gasteiger partial charge is 0.384 e. The van der Waals surface area contributed by atoms with Gasteiger partial charge in [-0.15, -0.1) is 0 Å². The van der Waals surface area contributed by atoms with Crippen LogP contribution >= 0.6 is 0 Å². The highest BCUT2D eigenvalue weighted by Crippen LogP contribution is 2.26. The van der Waals surface area contributed by atoms with E-state index in [-0.39, 0.29) is 6.10 Å². The van der Waals surface area contributed by atoms with Crippen LogP contribution in [0.5, 0.6) is 0 Å². The molecule has 75 valence electrons. The van der Waals surface area contributed by atoms with E-state index in [1.807, 2.05) is 35.9 Å². The third kappa shape index (κ3) is 1.21. The highest BCUT2D eigenvalue weighted by atomic mass is 16.6. The van der Waals surface area contributed by atoms with Crippen molar-refractivity contribution in [3.8, 4) is 0 Å². The van der Waals surface area contributed by atoms with Crippen LogP contribution in [0.2, 0.25) is 0 Å². The topological polar surface area (TPSA) is 39.4 Å². The highest BCUT2D eigenvalue weighted by molar-refractivity contribution is 5.76. The van der Waals surface area contributed by atoms with Gasteiger partial charge in [-0.1, -0.05) is 17.3 Å². The van der Waals surface area contributed by atoms with Gasteiger partial charge < -0.3 is 9.40 Å². The van der Waals surface area contributed by atoms with Crippen molar-refractivity contribution < 1.29 is 4.84 Å². The Balaban J connectivity index is 2.15. The molecule has 1 atom stereocenters. The monoisotopic (exact) mass is 200 g/mol. The zero-order valence-electron chi connectivity index (χ0n) is 8.34. The molecule has 1 unspecified atom stereocenters. The van der Waals surface area contributed by atoms with Crippen LogP contribution in [0.1, 0.15) is 18.3 Å². The van der Waals surface area contributed by atoms with E-state index < -0.39 is 0 Å². The number of rotatable bonds is 1. The van der Waals surface area contributed by atoms with Crippen molar-refractivity contribution in [3.63, 3.8) is 0 Å². The average molecular weight is 200 g/mol. The highest BCUT2D eigenvalue weighted by Gasteiger charge is 2.22. The quantitative estimate of drug-likeness (QED) is 0.705. The Kier molecular flexibility index (Phi) is 1.74. The number of benzene rings is 1. The zero-order valence-corrected chi connectivity index (χ0v) is 8.34. The molecule has 0 aliphatic carbocycles. The molecule has 0 bridgehead atoms. The summed E-state index contributed by atoms with van der Waals surface area (Å²) >= 11 is 0. The standard InChI is InChI=1S/C11H10N3O/c1-14-9-5-3-2-4-8(9)13-11(14)10-6-7-12-15-10/h2-5,10H,6H2,1H3. The molecule has 1 aliphatic rings. The Bertz CT molecular complexity index is 522. The summed E-state index contributed by atoms with van der Waals surface area (Å²) in [4.78, 5) is 9.71. The van der Waals surface area contributed by atoms with Crippen LogP contribution < -0.4 is 0 Å². The summed E-state index contributed by atoms with van der Waals surface area (Å²) < 4.78 is 2.04. The van der Waals surface area contributed by atoms with E-state index in [2.05, 4.69) is 16.4 Å². The lowest BCUT2D eigenvalue weighted by Crippen LogP contribution is -2.04. The van der Waals surface area contributed by atoms with Gasteiger partial charge >= 0.3 is 0 Å². The Hall–Kier alpha value is -1.84. The number of nitrogens with zero attached hydrogens (tertiary/aromatic N) is 3. The fourth-order valence-electron chi connectivity index (χ4n) is 1.85. The molecule has 1 radical (unpaired) electrons. The molecular formula is C11H10N3O. The number of imidazole rings is 1. The number of hydrogen-bond acceptors (Lipinski definition) is 3. The number of aryl methyl sites for hydroxylation is 1. The number of aromatic nitrogens is 2. The molecule has 1 aromatic heterocycles. The van der Waals surface area contributed by atoms with Gasteiger partial charge in [-0.05, 0) is 12.1 Å². The van der Waals surface area contributed by atoms with Gasteiger partial charge in [-0.2, -0.15) is 0 Å². The molecule has 4 nitrogen and oxygen atoms in total. The minimum Gasteiger partial charge on any atom is -0.384 e. The predicted molar refractivity (Wildman–Crippen MR) is 56.6 cm³/mol. The van der Waals surface area contributed by atoms with Crippen molar-refractivity contribution in [3.05, 3.63) is 30.1 Å². The number of hydrogen-bond donors (Lipinski definition) is 0. The number of para-hydroxylation sites is 2. The molecule has 0 N–H and O–H groups in total. The van der Waals surface area contributed by atoms with Crippen LogP contribution in [0.15, 0.2) is 29.4 Å². The molecule has 0 amide bonds. The van der Waals surface area contributed by atoms with Gasteiger partial charge in [0.25, 0.3) is 0 Å². The second-order valence-corrected chi connectivity index (χ2v) is 3.57. The molecule has 4 heteroatoms. The normalized spacial score (nSPS) is 19.7. The van der Waals surface area contributed by atoms with E-state index in [0.717, 1.165) is 16.9 Å². The average Bonchev–Trinajstić information content (AvgIpc) is 2.87. The molecule has 15 heavy (non-hydrogen) atoms. The summed E-state index contributed by atoms with van der Waals surface area (Å²) in [5.41, 5.74) is 2.11. The molecule has 2 heterocycles. The van der Waals surface area contributed by atoms with E-state index in [1.165, 1.54) is 0 Å². The van der Waals surface area contributed by atoms with Crippen molar-refractivity contribution in [2.24, 2.45) is 12.2 Å². The predicted octanol–water partition coefficient (Wildman–Crippen LogP) is 1.90. The first-order valence-electron chi connectivity index (χ1n) is 4.86. The van der Waals surface area contributed by atoms with Crippen LogP contribution in [-0.4, -0.2) is 15.8 Å². The summed E-state index contributed by atoms with van der Waals surface area (Å²) in [6.07, 6.45) is 3.39. The maximum absolute atomic E-state index is 5.18. The summed E-state index contributed by atoms with van der Waals surface area (Å²) in [7, 11) is 1.99. The minimum atomic E-state index is -0.0811. The maximum atomic E-state index is 5.18. The first-order valence-corrected chi connectivity index (χ1v) is 4.86. The summed E-state index contributed by atoms with van der Waals surface area (Å²) in [5, 5.41) is 3.65. The molecule has 3 rings (SSSR count). The molecule has 0 saturated heterocycles. The number of fused-ring (bicyclic) bond motifs is 1. The second-order valence-electron chi connectivity index (χ2n) is 3.57. The second kappa shape index (κ2) is 3.08. The lowest BCUT2D eigenvalue weighted by Gasteiger charge is -2.07. The van der Waals surface area contributed by atoms with Gasteiger partial charge in [0.15, 0.2) is 11.9 Å². The molecule has 0 fully saturated rings. The third-order valence-electron chi connectivity index (χ3n) is 2.63. The van der Waals surface area contributed by atoms with E-state index in [1.54, 1.807) is 0 Å². The molecule has 0 spiro atoms. The van der Waals surface area contributed by atoms with Crippen LogP contribution in [0.4, 0.5) is 0 Å². The van der Waals surface area contributed by atoms with Crippen LogP contribution in [0, 0.1) is 0 Å². The lowest BCUT2D eigenvalue weighted by molar-refractivity contribution is 0.0775. The van der Waals surface area contributed by atoms with Crippen LogP contribution in [-0.2, 0) is 11.9 Å². The summed E-state index contributed by atoms with van der Waals surface area (Å²) in [5.74, 6) is 0.907. The van der Waals surface area contributed by atoms with Crippen LogP contribution in [0.3, 0.4) is 0 Å². The molecule has 1 aromatic carbocycles. The van der Waals surface area contributed by atoms with Crippen molar-refractivity contribution in [1.29, 1.82) is 0 Å². The summed E-state index contributed by atoms with van der Waals surface area (Å²) in [6, 6.07) is 8.03. The molecule has 2 aromatic rings. The SMILES string of the molecule is Cn1c(C2C[C]=NO2)nc2ccccc21. The van der Waals surface area contributed by atoms with Gasteiger partial charge in [0.2, 0.25) is 0 Å². The fourth-order valence-corrected chi connectivity index (χ4v) is 1.85. The van der Waals surface area contributed by atoms with E-state index in [9.17, 15) is 0 Å². The van der Waals surface area contributed by atoms with Crippen LogP contribution in [0.25, 0.3) is 11.0 Å². The van der Waals surface area contributed by atoms with Crippen molar-refractivity contribution in [2.45, 2.75) is 12.5 Å². The van der Waals surface area contributed by atoms with Gasteiger partial charge in [0.05, 0.1) is 11.0 Å². The van der Waals surface area contributed by atoms with Gasteiger partial charge in [0, 0.05) is 13.5 Å². The minimum absolute atomic E-state index is 0.0811. The lowest BCUT2D eigenvalue weighted by atomic mass is 10.2. The Labute approximate surface area is 87.2 Å². The van der Waals surface area contributed by atoms with Crippen molar-refractivity contribution >= 4 is 17.2 Å². The third-order valence-corrected chi connectivity index (χ3v) is 2.63. The van der Waals surface area contributed by atoms with E-state index >= 15 is 0 Å². The first kappa shape index (κ1) is 8.47. The Morgan fingerprint density at radius 2 is 2.33 bits per heavy atom. The zero-order chi connectivity index (χ0) is 10.3. The molecule has 1 aliphatic heterocycles. The summed E-state index contributed by atoms with van der Waals surface area (Å²) in [6.45, 7) is 0. The van der Waals surface area contributed by atoms with Gasteiger partial charge in [0.1, 0.15) is 6.21 Å². The first-order chi connectivity index (χ1) is 7.36. The fraction of sp³-hybridized carbons (Fsp3) is 0.273. The molecular weight excluding hydrogens is 190 g/mol. The van der Waals surface area contributed by atoms with Gasteiger partial charge in [-0.3, -0.25) is 0 Å². The van der Waals surface area contributed by atoms with Gasteiger partial charge in [-0.25, -0.2) is 4.98 Å². The van der Waals surface area contributed by atoms with Crippen molar-refractivity contribution in [2.75, 3.05) is 0 Å². The Morgan fingerprint density at radius 3 is 3.07 bits per heavy atom.